The first-order valence-electron chi connectivity index (χ1n) is 6.82. The van der Waals surface area contributed by atoms with Crippen LogP contribution in [0.25, 0.3) is 10.9 Å². The third-order valence-electron chi connectivity index (χ3n) is 3.22. The van der Waals surface area contributed by atoms with Crippen molar-refractivity contribution >= 4 is 33.8 Å². The molecule has 108 valence electrons. The van der Waals surface area contributed by atoms with E-state index in [0.29, 0.717) is 5.88 Å². The lowest BCUT2D eigenvalue weighted by atomic mass is 10.2. The molecule has 1 aromatic carbocycles. The molecule has 3 aromatic rings. The largest absolute Gasteiger partial charge is 0.481 e. The van der Waals surface area contributed by atoms with Gasteiger partial charge in [0, 0.05) is 17.0 Å². The van der Waals surface area contributed by atoms with Gasteiger partial charge in [-0.1, -0.05) is 25.1 Å². The minimum absolute atomic E-state index is 0.0698. The van der Waals surface area contributed by atoms with E-state index in [1.165, 1.54) is 0 Å². The lowest BCUT2D eigenvalue weighted by Gasteiger charge is -2.16. The predicted octanol–water partition coefficient (Wildman–Crippen LogP) is 4.96. The highest BCUT2D eigenvalue weighted by Gasteiger charge is 2.17. The van der Waals surface area contributed by atoms with Gasteiger partial charge in [-0.2, -0.15) is 0 Å². The predicted molar refractivity (Wildman–Crippen MR) is 87.1 cm³/mol. The molecule has 3 nitrogen and oxygen atoms in total. The number of hydrogen-bond donors (Lipinski definition) is 0. The minimum Gasteiger partial charge on any atom is -0.481 e. The van der Waals surface area contributed by atoms with E-state index in [1.54, 1.807) is 17.5 Å². The van der Waals surface area contributed by atoms with Crippen molar-refractivity contribution < 1.29 is 4.74 Å². The average molecular weight is 319 g/mol. The summed E-state index contributed by atoms with van der Waals surface area (Å²) in [7, 11) is 0. The van der Waals surface area contributed by atoms with Crippen LogP contribution in [0.1, 0.15) is 30.2 Å². The van der Waals surface area contributed by atoms with Crippen LogP contribution in [0.2, 0.25) is 0 Å². The van der Waals surface area contributed by atoms with Crippen LogP contribution in [0.5, 0.6) is 5.75 Å². The Morgan fingerprint density at radius 2 is 2.14 bits per heavy atom. The van der Waals surface area contributed by atoms with Crippen LogP contribution >= 0.6 is 22.9 Å². The Morgan fingerprint density at radius 1 is 1.29 bits per heavy atom. The molecule has 0 amide bonds. The van der Waals surface area contributed by atoms with Gasteiger partial charge in [-0.15, -0.1) is 22.9 Å². The van der Waals surface area contributed by atoms with E-state index in [0.717, 1.165) is 33.8 Å². The molecule has 0 aliphatic heterocycles. The number of ether oxygens (including phenoxy) is 1. The van der Waals surface area contributed by atoms with E-state index in [9.17, 15) is 0 Å². The Balaban J connectivity index is 1.92. The standard InChI is InChI=1S/C16H15ClN2OS/c1-2-13(16-19-12(9-17)10-21-16)20-14-7-3-5-11-6-4-8-18-15(11)14/h3-8,10,13H,2,9H2,1H3. The number of halogens is 1. The van der Waals surface area contributed by atoms with E-state index in [2.05, 4.69) is 16.9 Å². The van der Waals surface area contributed by atoms with Crippen LogP contribution in [-0.2, 0) is 5.88 Å². The highest BCUT2D eigenvalue weighted by Crippen LogP contribution is 2.31. The van der Waals surface area contributed by atoms with Crippen molar-refractivity contribution in [2.75, 3.05) is 0 Å². The quantitative estimate of drug-likeness (QED) is 0.624. The number of alkyl halides is 1. The maximum atomic E-state index is 6.16. The van der Waals surface area contributed by atoms with E-state index in [1.807, 2.05) is 35.7 Å². The van der Waals surface area contributed by atoms with Crippen LogP contribution in [0.15, 0.2) is 41.9 Å². The van der Waals surface area contributed by atoms with Crippen molar-refractivity contribution in [1.82, 2.24) is 9.97 Å². The number of pyridine rings is 1. The monoisotopic (exact) mass is 318 g/mol. The smallest absolute Gasteiger partial charge is 0.150 e. The molecule has 3 rings (SSSR count). The molecule has 0 saturated carbocycles. The first kappa shape index (κ1) is 14.3. The van der Waals surface area contributed by atoms with Gasteiger partial charge in [0.05, 0.1) is 11.6 Å². The van der Waals surface area contributed by atoms with Gasteiger partial charge >= 0.3 is 0 Å². The van der Waals surface area contributed by atoms with Crippen LogP contribution in [0.3, 0.4) is 0 Å². The fraction of sp³-hybridized carbons (Fsp3) is 0.250. The third-order valence-corrected chi connectivity index (χ3v) is 4.48. The topological polar surface area (TPSA) is 35.0 Å². The number of nitrogens with zero attached hydrogens (tertiary/aromatic N) is 2. The molecule has 0 saturated heterocycles. The fourth-order valence-electron chi connectivity index (χ4n) is 2.16. The van der Waals surface area contributed by atoms with Crippen molar-refractivity contribution in [3.05, 3.63) is 52.6 Å². The number of hydrogen-bond acceptors (Lipinski definition) is 4. The lowest BCUT2D eigenvalue weighted by molar-refractivity contribution is 0.203. The van der Waals surface area contributed by atoms with Gasteiger partial charge in [0.2, 0.25) is 0 Å². The summed E-state index contributed by atoms with van der Waals surface area (Å²) in [4.78, 5) is 8.94. The Kier molecular flexibility index (Phi) is 4.36. The summed E-state index contributed by atoms with van der Waals surface area (Å²) in [6, 6.07) is 9.93. The van der Waals surface area contributed by atoms with Crippen molar-refractivity contribution in [3.8, 4) is 5.75 Å². The number of aromatic nitrogens is 2. The van der Waals surface area contributed by atoms with Crippen molar-refractivity contribution in [2.45, 2.75) is 25.3 Å². The van der Waals surface area contributed by atoms with Gasteiger partial charge in [-0.05, 0) is 18.6 Å². The average Bonchev–Trinajstić information content (AvgIpc) is 3.01. The van der Waals surface area contributed by atoms with Crippen molar-refractivity contribution in [3.63, 3.8) is 0 Å². The summed E-state index contributed by atoms with van der Waals surface area (Å²) in [6.45, 7) is 2.09. The van der Waals surface area contributed by atoms with E-state index in [4.69, 9.17) is 16.3 Å². The zero-order valence-corrected chi connectivity index (χ0v) is 13.2. The Labute approximate surface area is 132 Å². The molecule has 1 unspecified atom stereocenters. The summed E-state index contributed by atoms with van der Waals surface area (Å²) in [5, 5.41) is 4.02. The van der Waals surface area contributed by atoms with Gasteiger partial charge in [0.15, 0.2) is 0 Å². The van der Waals surface area contributed by atoms with Gasteiger partial charge in [-0.3, -0.25) is 4.98 Å². The molecule has 1 atom stereocenters. The molecule has 0 spiro atoms. The summed E-state index contributed by atoms with van der Waals surface area (Å²) in [5.41, 5.74) is 1.78. The van der Waals surface area contributed by atoms with Gasteiger partial charge in [0.1, 0.15) is 22.4 Å². The number of rotatable bonds is 5. The second-order valence-electron chi connectivity index (χ2n) is 4.66. The molecule has 21 heavy (non-hydrogen) atoms. The molecule has 0 aliphatic carbocycles. The Morgan fingerprint density at radius 3 is 2.90 bits per heavy atom. The molecular weight excluding hydrogens is 304 g/mol. The first-order valence-corrected chi connectivity index (χ1v) is 8.24. The van der Waals surface area contributed by atoms with Crippen LogP contribution < -0.4 is 4.74 Å². The minimum atomic E-state index is -0.0698. The highest BCUT2D eigenvalue weighted by atomic mass is 35.5. The Hall–Kier alpha value is -1.65. The van der Waals surface area contributed by atoms with Crippen LogP contribution in [-0.4, -0.2) is 9.97 Å². The molecule has 2 heterocycles. The Bertz CT molecular complexity index is 738. The molecule has 0 bridgehead atoms. The molecule has 0 aliphatic rings. The maximum absolute atomic E-state index is 6.16. The molecule has 5 heteroatoms. The summed E-state index contributed by atoms with van der Waals surface area (Å²) < 4.78 is 6.16. The highest BCUT2D eigenvalue weighted by molar-refractivity contribution is 7.09. The van der Waals surface area contributed by atoms with Gasteiger partial charge < -0.3 is 4.74 Å². The molecule has 0 N–H and O–H groups in total. The fourth-order valence-corrected chi connectivity index (χ4v) is 3.32. The van der Waals surface area contributed by atoms with Gasteiger partial charge in [0.25, 0.3) is 0 Å². The van der Waals surface area contributed by atoms with E-state index < -0.39 is 0 Å². The number of benzene rings is 1. The zero-order chi connectivity index (χ0) is 14.7. The number of fused-ring (bicyclic) bond motifs is 1. The molecular formula is C16H15ClN2OS. The number of para-hydroxylation sites is 1. The maximum Gasteiger partial charge on any atom is 0.150 e. The first-order chi connectivity index (χ1) is 10.3. The van der Waals surface area contributed by atoms with Crippen LogP contribution in [0.4, 0.5) is 0 Å². The number of thiazole rings is 1. The molecule has 2 aromatic heterocycles. The summed E-state index contributed by atoms with van der Waals surface area (Å²) in [6.07, 6.45) is 2.56. The van der Waals surface area contributed by atoms with E-state index in [-0.39, 0.29) is 6.10 Å². The van der Waals surface area contributed by atoms with Crippen molar-refractivity contribution in [1.29, 1.82) is 0 Å². The van der Waals surface area contributed by atoms with Crippen molar-refractivity contribution in [2.24, 2.45) is 0 Å². The lowest BCUT2D eigenvalue weighted by Crippen LogP contribution is -2.07. The molecule has 0 radical (unpaired) electrons. The van der Waals surface area contributed by atoms with Gasteiger partial charge in [-0.25, -0.2) is 4.98 Å². The second kappa shape index (κ2) is 6.41. The SMILES string of the molecule is CCC(Oc1cccc2cccnc12)c1nc(CCl)cs1. The third kappa shape index (κ3) is 3.01. The second-order valence-corrected chi connectivity index (χ2v) is 5.81. The molecule has 0 fully saturated rings. The zero-order valence-electron chi connectivity index (χ0n) is 11.6. The van der Waals surface area contributed by atoms with E-state index >= 15 is 0 Å². The normalized spacial score (nSPS) is 12.5. The van der Waals surface area contributed by atoms with Crippen LogP contribution in [0, 0.1) is 0 Å². The summed E-state index contributed by atoms with van der Waals surface area (Å²) >= 11 is 7.41. The summed E-state index contributed by atoms with van der Waals surface area (Å²) in [5.74, 6) is 1.23.